The highest BCUT2D eigenvalue weighted by molar-refractivity contribution is 7.89. The minimum Gasteiger partial charge on any atom is -0.320 e. The molecule has 0 saturated carbocycles. The zero-order chi connectivity index (χ0) is 15.2. The molecule has 0 aliphatic rings. The van der Waals surface area contributed by atoms with Crippen molar-refractivity contribution in [3.63, 3.8) is 0 Å². The van der Waals surface area contributed by atoms with Crippen molar-refractivity contribution >= 4 is 10.0 Å². The molecule has 0 radical (unpaired) electrons. The van der Waals surface area contributed by atoms with Crippen molar-refractivity contribution in [2.75, 3.05) is 6.54 Å². The van der Waals surface area contributed by atoms with Crippen LogP contribution in [-0.2, 0) is 10.0 Å². The van der Waals surface area contributed by atoms with Gasteiger partial charge in [0.1, 0.15) is 0 Å². The lowest BCUT2D eigenvalue weighted by Gasteiger charge is -2.15. The fourth-order valence-corrected chi connectivity index (χ4v) is 3.32. The summed E-state index contributed by atoms with van der Waals surface area (Å²) < 4.78 is 27.3. The van der Waals surface area contributed by atoms with Crippen LogP contribution in [-0.4, -0.2) is 21.0 Å². The van der Waals surface area contributed by atoms with Gasteiger partial charge in [0.05, 0.1) is 11.4 Å². The molecule has 20 heavy (non-hydrogen) atoms. The fourth-order valence-electron chi connectivity index (χ4n) is 1.83. The molecule has 110 valence electrons. The topological polar surface area (TPSA) is 72.2 Å². The van der Waals surface area contributed by atoms with Crippen LogP contribution in [0.3, 0.4) is 0 Å². The van der Waals surface area contributed by atoms with E-state index in [0.717, 1.165) is 24.0 Å². The third-order valence-corrected chi connectivity index (χ3v) is 4.66. The minimum absolute atomic E-state index is 0.0305. The number of benzene rings is 1. The highest BCUT2D eigenvalue weighted by Crippen LogP contribution is 2.16. The highest BCUT2D eigenvalue weighted by Gasteiger charge is 2.18. The summed E-state index contributed by atoms with van der Waals surface area (Å²) in [5.74, 6) is 5.69. The summed E-state index contributed by atoms with van der Waals surface area (Å²) in [6, 6.07) is 4.92. The summed E-state index contributed by atoms with van der Waals surface area (Å²) >= 11 is 0. The average Bonchev–Trinajstić information content (AvgIpc) is 2.43. The summed E-state index contributed by atoms with van der Waals surface area (Å²) in [5.41, 5.74) is 6.97. The first-order valence-corrected chi connectivity index (χ1v) is 8.24. The molecule has 4 nitrogen and oxygen atoms in total. The molecule has 5 heteroatoms. The standard InChI is InChI=1S/C15H22N2O2S/c1-4-14(5-2)17-20(18,19)15-9-8-13(7-6-10-16)12(3)11-15/h8-9,11,14,17H,4-5,10,16H2,1-3H3. The Balaban J connectivity index is 3.05. The third kappa shape index (κ3) is 4.34. The summed E-state index contributed by atoms with van der Waals surface area (Å²) in [5, 5.41) is 0. The van der Waals surface area contributed by atoms with E-state index in [1.54, 1.807) is 18.2 Å². The van der Waals surface area contributed by atoms with Gasteiger partial charge in [0.15, 0.2) is 0 Å². The Morgan fingerprint density at radius 2 is 1.95 bits per heavy atom. The van der Waals surface area contributed by atoms with Gasteiger partial charge in [-0.25, -0.2) is 13.1 Å². The zero-order valence-corrected chi connectivity index (χ0v) is 13.0. The van der Waals surface area contributed by atoms with E-state index in [9.17, 15) is 8.42 Å². The molecule has 0 unspecified atom stereocenters. The molecule has 0 amide bonds. The highest BCUT2D eigenvalue weighted by atomic mass is 32.2. The molecule has 1 aromatic rings. The Hall–Kier alpha value is -1.35. The molecule has 0 spiro atoms. The second kappa shape index (κ2) is 7.44. The largest absolute Gasteiger partial charge is 0.320 e. The first kappa shape index (κ1) is 16.7. The van der Waals surface area contributed by atoms with E-state index >= 15 is 0 Å². The van der Waals surface area contributed by atoms with Gasteiger partial charge in [0.2, 0.25) is 10.0 Å². The van der Waals surface area contributed by atoms with Gasteiger partial charge < -0.3 is 5.73 Å². The van der Waals surface area contributed by atoms with Gasteiger partial charge in [0.25, 0.3) is 0 Å². The quantitative estimate of drug-likeness (QED) is 0.813. The van der Waals surface area contributed by atoms with E-state index in [2.05, 4.69) is 16.6 Å². The van der Waals surface area contributed by atoms with Crippen LogP contribution in [0.25, 0.3) is 0 Å². The van der Waals surface area contributed by atoms with E-state index in [4.69, 9.17) is 5.73 Å². The smallest absolute Gasteiger partial charge is 0.240 e. The van der Waals surface area contributed by atoms with Crippen molar-refractivity contribution in [2.45, 2.75) is 44.6 Å². The van der Waals surface area contributed by atoms with Gasteiger partial charge in [-0.05, 0) is 43.5 Å². The van der Waals surface area contributed by atoms with Crippen molar-refractivity contribution in [3.05, 3.63) is 29.3 Å². The first-order valence-electron chi connectivity index (χ1n) is 6.76. The van der Waals surface area contributed by atoms with Crippen LogP contribution in [0.1, 0.15) is 37.8 Å². The van der Waals surface area contributed by atoms with E-state index in [1.165, 1.54) is 0 Å². The maximum Gasteiger partial charge on any atom is 0.240 e. The number of nitrogens with two attached hydrogens (primary N) is 1. The number of aryl methyl sites for hydroxylation is 1. The lowest BCUT2D eigenvalue weighted by atomic mass is 10.1. The van der Waals surface area contributed by atoms with Crippen molar-refractivity contribution in [1.29, 1.82) is 0 Å². The van der Waals surface area contributed by atoms with E-state index in [0.29, 0.717) is 0 Å². The maximum absolute atomic E-state index is 12.3. The van der Waals surface area contributed by atoms with Crippen molar-refractivity contribution in [2.24, 2.45) is 5.73 Å². The van der Waals surface area contributed by atoms with Gasteiger partial charge in [0, 0.05) is 11.6 Å². The Morgan fingerprint density at radius 3 is 2.45 bits per heavy atom. The number of hydrogen-bond acceptors (Lipinski definition) is 3. The molecule has 3 N–H and O–H groups in total. The average molecular weight is 294 g/mol. The van der Waals surface area contributed by atoms with Crippen LogP contribution in [0, 0.1) is 18.8 Å². The Bertz CT molecular complexity index is 608. The molecule has 0 heterocycles. The Kier molecular flexibility index (Phi) is 6.21. The Labute approximate surface area is 121 Å². The predicted octanol–water partition coefficient (Wildman–Crippen LogP) is 1.77. The van der Waals surface area contributed by atoms with Crippen LogP contribution < -0.4 is 10.5 Å². The SMILES string of the molecule is CCC(CC)NS(=O)(=O)c1ccc(C#CCN)c(C)c1. The molecule has 0 fully saturated rings. The molecule has 0 aromatic heterocycles. The summed E-state index contributed by atoms with van der Waals surface area (Å²) in [4.78, 5) is 0.278. The summed E-state index contributed by atoms with van der Waals surface area (Å²) in [7, 11) is -3.47. The molecule has 0 aliphatic heterocycles. The summed E-state index contributed by atoms with van der Waals surface area (Å²) in [6.07, 6.45) is 1.55. The number of sulfonamides is 1. The molecular formula is C15H22N2O2S. The van der Waals surface area contributed by atoms with Crippen molar-refractivity contribution in [1.82, 2.24) is 4.72 Å². The van der Waals surface area contributed by atoms with E-state index in [1.807, 2.05) is 20.8 Å². The van der Waals surface area contributed by atoms with Crippen LogP contribution in [0.2, 0.25) is 0 Å². The van der Waals surface area contributed by atoms with E-state index < -0.39 is 10.0 Å². The third-order valence-electron chi connectivity index (χ3n) is 3.14. The monoisotopic (exact) mass is 294 g/mol. The second-order valence-corrected chi connectivity index (χ2v) is 6.33. The lowest BCUT2D eigenvalue weighted by molar-refractivity contribution is 0.530. The molecule has 0 aliphatic carbocycles. The zero-order valence-electron chi connectivity index (χ0n) is 12.2. The molecule has 0 bridgehead atoms. The van der Waals surface area contributed by atoms with Crippen molar-refractivity contribution in [3.8, 4) is 11.8 Å². The minimum atomic E-state index is -3.47. The maximum atomic E-state index is 12.3. The number of nitrogens with one attached hydrogen (secondary N) is 1. The van der Waals surface area contributed by atoms with Crippen LogP contribution in [0.15, 0.2) is 23.1 Å². The molecular weight excluding hydrogens is 272 g/mol. The normalized spacial score (nSPS) is 11.2. The molecule has 1 rings (SSSR count). The molecule has 0 atom stereocenters. The van der Waals surface area contributed by atoms with Gasteiger partial charge in [-0.2, -0.15) is 0 Å². The number of hydrogen-bond donors (Lipinski definition) is 2. The molecule has 1 aromatic carbocycles. The summed E-state index contributed by atoms with van der Waals surface area (Å²) in [6.45, 7) is 6.06. The van der Waals surface area contributed by atoms with Crippen molar-refractivity contribution < 1.29 is 8.42 Å². The lowest BCUT2D eigenvalue weighted by Crippen LogP contribution is -2.33. The van der Waals surface area contributed by atoms with Gasteiger partial charge in [-0.3, -0.25) is 0 Å². The van der Waals surface area contributed by atoms with Gasteiger partial charge in [-0.15, -0.1) is 0 Å². The first-order chi connectivity index (χ1) is 9.44. The van der Waals surface area contributed by atoms with Crippen LogP contribution in [0.5, 0.6) is 0 Å². The van der Waals surface area contributed by atoms with E-state index in [-0.39, 0.29) is 17.5 Å². The van der Waals surface area contributed by atoms with Gasteiger partial charge >= 0.3 is 0 Å². The van der Waals surface area contributed by atoms with Gasteiger partial charge in [-0.1, -0.05) is 25.7 Å². The fraction of sp³-hybridized carbons (Fsp3) is 0.467. The van der Waals surface area contributed by atoms with Crippen LogP contribution in [0.4, 0.5) is 0 Å². The second-order valence-electron chi connectivity index (χ2n) is 4.62. The van der Waals surface area contributed by atoms with Crippen LogP contribution >= 0.6 is 0 Å². The Morgan fingerprint density at radius 1 is 1.30 bits per heavy atom. The number of rotatable bonds is 5. The molecule has 0 saturated heterocycles. The predicted molar refractivity (Wildman–Crippen MR) is 81.8 cm³/mol.